The van der Waals surface area contributed by atoms with Crippen molar-refractivity contribution in [1.29, 1.82) is 0 Å². The molecule has 0 fully saturated rings. The summed E-state index contributed by atoms with van der Waals surface area (Å²) in [5.74, 6) is 0.609. The van der Waals surface area contributed by atoms with E-state index in [9.17, 15) is 9.90 Å². The molecule has 2 heterocycles. The number of carbonyl (C=O) groups is 1. The average molecular weight is 379 g/mol. The number of aromatic nitrogens is 4. The second-order valence-corrected chi connectivity index (χ2v) is 6.66. The SMILES string of the molecule is CN(C)C(=O)n1ccc2c(-n3c(-c4ccccc4O)n[nH]c3=S)cccc21. The number of phenolic OH excluding ortho intramolecular Hbond substituents is 1. The van der Waals surface area contributed by atoms with E-state index in [-0.39, 0.29) is 11.8 Å². The second kappa shape index (κ2) is 6.40. The van der Waals surface area contributed by atoms with Crippen molar-refractivity contribution in [2.24, 2.45) is 0 Å². The van der Waals surface area contributed by atoms with Gasteiger partial charge in [-0.2, -0.15) is 5.10 Å². The van der Waals surface area contributed by atoms with Crippen LogP contribution in [0.4, 0.5) is 4.79 Å². The molecule has 8 heteroatoms. The normalized spacial score (nSPS) is 11.0. The number of phenols is 1. The molecule has 2 aromatic carbocycles. The van der Waals surface area contributed by atoms with E-state index < -0.39 is 0 Å². The number of hydrogen-bond acceptors (Lipinski definition) is 4. The van der Waals surface area contributed by atoms with Crippen molar-refractivity contribution in [3.8, 4) is 22.8 Å². The minimum absolute atomic E-state index is 0.111. The Morgan fingerprint density at radius 2 is 1.93 bits per heavy atom. The minimum atomic E-state index is -0.140. The fourth-order valence-corrected chi connectivity index (χ4v) is 3.32. The Kier molecular flexibility index (Phi) is 4.04. The molecular formula is C19H17N5O2S. The van der Waals surface area contributed by atoms with Gasteiger partial charge in [0.15, 0.2) is 10.6 Å². The van der Waals surface area contributed by atoms with Crippen LogP contribution in [0.15, 0.2) is 54.7 Å². The number of H-pyrrole nitrogens is 1. The number of amides is 1. The van der Waals surface area contributed by atoms with Gasteiger partial charge in [0.05, 0.1) is 16.8 Å². The molecule has 2 N–H and O–H groups in total. The van der Waals surface area contributed by atoms with Crippen molar-refractivity contribution < 1.29 is 9.90 Å². The smallest absolute Gasteiger partial charge is 0.328 e. The highest BCUT2D eigenvalue weighted by atomic mass is 32.1. The Bertz CT molecular complexity index is 1220. The summed E-state index contributed by atoms with van der Waals surface area (Å²) in [6.45, 7) is 0. The predicted molar refractivity (Wildman–Crippen MR) is 106 cm³/mol. The van der Waals surface area contributed by atoms with Crippen LogP contribution in [-0.2, 0) is 0 Å². The third kappa shape index (κ3) is 2.70. The first-order valence-corrected chi connectivity index (χ1v) is 8.67. The summed E-state index contributed by atoms with van der Waals surface area (Å²) in [5, 5.41) is 18.2. The molecular weight excluding hydrogens is 362 g/mol. The monoisotopic (exact) mass is 379 g/mol. The molecule has 0 bridgehead atoms. The minimum Gasteiger partial charge on any atom is -0.507 e. The zero-order valence-corrected chi connectivity index (χ0v) is 15.6. The van der Waals surface area contributed by atoms with Crippen LogP contribution in [0.25, 0.3) is 28.0 Å². The van der Waals surface area contributed by atoms with Gasteiger partial charge in [-0.3, -0.25) is 14.2 Å². The fourth-order valence-electron chi connectivity index (χ4n) is 3.09. The molecule has 27 heavy (non-hydrogen) atoms. The first-order valence-electron chi connectivity index (χ1n) is 8.27. The number of carbonyl (C=O) groups excluding carboxylic acids is 1. The van der Waals surface area contributed by atoms with Crippen molar-refractivity contribution in [3.05, 3.63) is 59.5 Å². The number of aromatic hydroxyl groups is 1. The zero-order chi connectivity index (χ0) is 19.1. The van der Waals surface area contributed by atoms with E-state index >= 15 is 0 Å². The number of fused-ring (bicyclic) bond motifs is 1. The molecule has 0 atom stereocenters. The first kappa shape index (κ1) is 17.0. The number of hydrogen-bond donors (Lipinski definition) is 2. The van der Waals surface area contributed by atoms with E-state index in [4.69, 9.17) is 12.2 Å². The summed E-state index contributed by atoms with van der Waals surface area (Å²) in [4.78, 5) is 13.9. The van der Waals surface area contributed by atoms with Crippen LogP contribution >= 0.6 is 12.2 Å². The number of benzene rings is 2. The first-order chi connectivity index (χ1) is 13.0. The van der Waals surface area contributed by atoms with Crippen LogP contribution in [0.1, 0.15) is 0 Å². The van der Waals surface area contributed by atoms with Gasteiger partial charge in [-0.1, -0.05) is 18.2 Å². The molecule has 7 nitrogen and oxygen atoms in total. The number of para-hydroxylation sites is 1. The molecule has 0 aliphatic heterocycles. The number of nitrogens with zero attached hydrogens (tertiary/aromatic N) is 4. The Morgan fingerprint density at radius 1 is 1.15 bits per heavy atom. The maximum atomic E-state index is 12.4. The van der Waals surface area contributed by atoms with Gasteiger partial charge in [-0.15, -0.1) is 0 Å². The third-order valence-corrected chi connectivity index (χ3v) is 4.63. The van der Waals surface area contributed by atoms with Gasteiger partial charge in [0.2, 0.25) is 0 Å². The standard InChI is InChI=1S/C19H17N5O2S/c1-22(2)19(26)23-11-10-12-14(23)7-5-8-15(12)24-17(20-21-18(24)27)13-6-3-4-9-16(13)25/h3-11,25H,1-2H3,(H,21,27). The highest BCUT2D eigenvalue weighted by molar-refractivity contribution is 7.71. The molecule has 136 valence electrons. The van der Waals surface area contributed by atoms with Crippen molar-refractivity contribution in [2.45, 2.75) is 0 Å². The molecule has 0 unspecified atom stereocenters. The van der Waals surface area contributed by atoms with E-state index in [1.54, 1.807) is 47.6 Å². The predicted octanol–water partition coefficient (Wildman–Crippen LogP) is 3.79. The number of rotatable bonds is 2. The summed E-state index contributed by atoms with van der Waals surface area (Å²) < 4.78 is 3.74. The number of nitrogens with one attached hydrogen (secondary N) is 1. The highest BCUT2D eigenvalue weighted by Crippen LogP contribution is 2.32. The highest BCUT2D eigenvalue weighted by Gasteiger charge is 2.18. The Balaban J connectivity index is 1.98. The van der Waals surface area contributed by atoms with Gasteiger partial charge >= 0.3 is 6.03 Å². The lowest BCUT2D eigenvalue weighted by molar-refractivity contribution is 0.220. The van der Waals surface area contributed by atoms with Crippen molar-refractivity contribution >= 4 is 29.2 Å². The van der Waals surface area contributed by atoms with E-state index in [0.29, 0.717) is 16.2 Å². The van der Waals surface area contributed by atoms with Crippen LogP contribution in [0.5, 0.6) is 5.75 Å². The summed E-state index contributed by atoms with van der Waals surface area (Å²) in [5.41, 5.74) is 2.10. The molecule has 1 amide bonds. The quantitative estimate of drug-likeness (QED) is 0.520. The summed E-state index contributed by atoms with van der Waals surface area (Å²) in [6.07, 6.45) is 1.74. The molecule has 4 aromatic rings. The Hall–Kier alpha value is -3.39. The average Bonchev–Trinajstić information content (AvgIpc) is 3.25. The van der Waals surface area contributed by atoms with Crippen LogP contribution in [0, 0.1) is 4.77 Å². The summed E-state index contributed by atoms with van der Waals surface area (Å²) >= 11 is 5.44. The molecule has 0 aliphatic carbocycles. The molecule has 0 saturated carbocycles. The molecule has 0 spiro atoms. The van der Waals surface area contributed by atoms with Crippen LogP contribution < -0.4 is 0 Å². The maximum Gasteiger partial charge on any atom is 0.328 e. The molecule has 0 radical (unpaired) electrons. The van der Waals surface area contributed by atoms with E-state index in [2.05, 4.69) is 10.2 Å². The lowest BCUT2D eigenvalue weighted by Crippen LogP contribution is -2.26. The van der Waals surface area contributed by atoms with E-state index in [0.717, 1.165) is 16.6 Å². The third-order valence-electron chi connectivity index (χ3n) is 4.36. The number of aromatic amines is 1. The Labute approximate surface area is 160 Å². The fraction of sp³-hybridized carbons (Fsp3) is 0.105. The summed E-state index contributed by atoms with van der Waals surface area (Å²) in [7, 11) is 3.42. The van der Waals surface area contributed by atoms with Crippen LogP contribution in [-0.4, -0.2) is 49.5 Å². The Morgan fingerprint density at radius 3 is 2.67 bits per heavy atom. The van der Waals surface area contributed by atoms with E-state index in [1.807, 2.05) is 30.3 Å². The lowest BCUT2D eigenvalue weighted by Gasteiger charge is -2.13. The lowest BCUT2D eigenvalue weighted by atomic mass is 10.1. The van der Waals surface area contributed by atoms with Crippen molar-refractivity contribution in [3.63, 3.8) is 0 Å². The molecule has 2 aromatic heterocycles. The van der Waals surface area contributed by atoms with Crippen molar-refractivity contribution in [2.75, 3.05) is 14.1 Å². The van der Waals surface area contributed by atoms with Crippen molar-refractivity contribution in [1.82, 2.24) is 24.2 Å². The molecule has 0 saturated heterocycles. The van der Waals surface area contributed by atoms with E-state index in [1.165, 1.54) is 4.90 Å². The largest absolute Gasteiger partial charge is 0.507 e. The van der Waals surface area contributed by atoms with Crippen LogP contribution in [0.2, 0.25) is 0 Å². The van der Waals surface area contributed by atoms with Gasteiger partial charge in [0.25, 0.3) is 0 Å². The zero-order valence-electron chi connectivity index (χ0n) is 14.7. The van der Waals surface area contributed by atoms with Gasteiger partial charge in [0, 0.05) is 25.7 Å². The molecule has 4 rings (SSSR count). The van der Waals surface area contributed by atoms with Gasteiger partial charge in [-0.25, -0.2) is 4.79 Å². The topological polar surface area (TPSA) is 79.1 Å². The van der Waals surface area contributed by atoms with Crippen LogP contribution in [0.3, 0.4) is 0 Å². The molecule has 0 aliphatic rings. The summed E-state index contributed by atoms with van der Waals surface area (Å²) in [6, 6.07) is 14.3. The van der Waals surface area contributed by atoms with Gasteiger partial charge in [0.1, 0.15) is 5.75 Å². The van der Waals surface area contributed by atoms with Gasteiger partial charge in [-0.05, 0) is 42.5 Å². The second-order valence-electron chi connectivity index (χ2n) is 6.28. The maximum absolute atomic E-state index is 12.4. The van der Waals surface area contributed by atoms with Gasteiger partial charge < -0.3 is 10.0 Å².